The average Bonchev–Trinajstić information content (AvgIpc) is 1.67. The van der Waals surface area contributed by atoms with Gasteiger partial charge in [0.15, 0.2) is 0 Å². The van der Waals surface area contributed by atoms with Crippen LogP contribution in [0.2, 0.25) is 0 Å². The van der Waals surface area contributed by atoms with E-state index in [1.165, 1.54) is 203 Å². The summed E-state index contributed by atoms with van der Waals surface area (Å²) >= 11 is -3.30. The van der Waals surface area contributed by atoms with Crippen LogP contribution in [-0.2, 0) is 39.4 Å². The summed E-state index contributed by atoms with van der Waals surface area (Å²) in [6.45, 7) is 35.1. The predicted octanol–water partition coefficient (Wildman–Crippen LogP) is 28.3. The summed E-state index contributed by atoms with van der Waals surface area (Å²) in [4.78, 5) is 9.62. The van der Waals surface area contributed by atoms with Crippen molar-refractivity contribution in [2.75, 3.05) is 45.8 Å². The second-order valence-corrected chi connectivity index (χ2v) is 53.7. The Labute approximate surface area is 708 Å². The molecule has 6 aromatic carbocycles. The first kappa shape index (κ1) is 94.0. The molecule has 2 saturated heterocycles. The SMILES string of the molecule is C1CCC([PH+](C2CCCCC2)C2CCCCC2)CC1.Cc1cc(C)c(N2[CH-]N(c3c(C)cc(C)cc3C)CC2)c(C)c1.Cc1cc(C)c(N2[CH-]N(c3c(C)cc(C)cc3C)CC2)c(C)c1.[BH3-]c1cc(C(F)(F)F)cc(C(F)(F)F)c1.[Cl][Ru]([Cl])=[CH][P+](C1CCCCC1)(C1CCCCC1)C1CCCCC1.[Cl][Ru]([Cl])=[CH]c1ccccc1. The van der Waals surface area contributed by atoms with Crippen LogP contribution in [0.4, 0.5) is 49.1 Å². The van der Waals surface area contributed by atoms with Gasteiger partial charge in [0.2, 0.25) is 0 Å². The molecule has 0 atom stereocenters. The summed E-state index contributed by atoms with van der Waals surface area (Å²) < 4.78 is 77.8. The maximum atomic E-state index is 12.2. The van der Waals surface area contributed by atoms with Crippen LogP contribution in [0.15, 0.2) is 97.1 Å². The van der Waals surface area contributed by atoms with Gasteiger partial charge in [-0.15, -0.1) is 0 Å². The maximum absolute atomic E-state index is 12.2. The number of alkyl halides is 6. The Kier molecular flexibility index (Phi) is 37.6. The first-order chi connectivity index (χ1) is 53.8. The molecule has 6 aromatic rings. The molecular formula is C94H134BCl4F6N4P2Ru2-. The van der Waals surface area contributed by atoms with E-state index in [0.717, 1.165) is 60.9 Å². The third-order valence-corrected chi connectivity index (χ3v) is 43.0. The second kappa shape index (κ2) is 45.2. The fraction of sp³-hybridized carbons (Fsp3) is 0.574. The van der Waals surface area contributed by atoms with Crippen LogP contribution in [0.3, 0.4) is 0 Å². The summed E-state index contributed by atoms with van der Waals surface area (Å²) in [5, 5.41) is 0. The van der Waals surface area contributed by atoms with Crippen LogP contribution in [0.25, 0.3) is 0 Å². The topological polar surface area (TPSA) is 13.0 Å². The van der Waals surface area contributed by atoms with Gasteiger partial charge in [0.05, 0.1) is 28.1 Å². The quantitative estimate of drug-likeness (QED) is 0.0524. The van der Waals surface area contributed by atoms with Gasteiger partial charge in [0.25, 0.3) is 0 Å². The second-order valence-electron chi connectivity index (χ2n) is 33.8. The molecule has 0 unspecified atom stereocenters. The van der Waals surface area contributed by atoms with E-state index in [4.69, 9.17) is 38.8 Å². The van der Waals surface area contributed by atoms with E-state index in [0.29, 0.717) is 0 Å². The van der Waals surface area contributed by atoms with Crippen molar-refractivity contribution >= 4 is 99.0 Å². The molecule has 0 spiro atoms. The fourth-order valence-corrected chi connectivity index (χ4v) is 43.3. The van der Waals surface area contributed by atoms with E-state index >= 15 is 0 Å². The molecule has 19 heteroatoms. The summed E-state index contributed by atoms with van der Waals surface area (Å²) in [7, 11) is 22.7. The monoisotopic (exact) mass is 1850 g/mol. The van der Waals surface area contributed by atoms with Crippen LogP contribution in [0.1, 0.15) is 276 Å². The van der Waals surface area contributed by atoms with Gasteiger partial charge >= 0.3 is 244 Å². The number of hydrogen-bond donors (Lipinski definition) is 0. The van der Waals surface area contributed by atoms with Crippen molar-refractivity contribution < 1.29 is 53.4 Å². The van der Waals surface area contributed by atoms with Crippen LogP contribution in [-0.4, -0.2) is 76.9 Å². The molecule has 14 rings (SSSR count). The summed E-state index contributed by atoms with van der Waals surface area (Å²) in [6.07, 6.45) is 36.5. The normalized spacial score (nSPS) is 19.0. The number of nitrogens with zero attached hydrogens (tertiary/aromatic N) is 4. The molecule has 8 fully saturated rings. The Morgan fingerprint density at radius 2 is 0.611 bits per heavy atom. The van der Waals surface area contributed by atoms with Gasteiger partial charge in [-0.2, -0.15) is 39.7 Å². The van der Waals surface area contributed by atoms with Crippen molar-refractivity contribution in [1.82, 2.24) is 0 Å². The number of halogens is 10. The Balaban J connectivity index is 0.000000158. The van der Waals surface area contributed by atoms with Gasteiger partial charge in [-0.25, -0.2) is 5.46 Å². The molecule has 6 saturated carbocycles. The number of anilines is 4. The molecule has 0 radical (unpaired) electrons. The molecule has 0 amide bonds. The molecule has 0 aromatic heterocycles. The number of aryl methyl sites for hydroxylation is 12. The van der Waals surface area contributed by atoms with Gasteiger partial charge < -0.3 is 19.6 Å². The molecule has 2 heterocycles. The van der Waals surface area contributed by atoms with Gasteiger partial charge in [-0.05, 0) is 219 Å². The summed E-state index contributed by atoms with van der Waals surface area (Å²) in [5.41, 5.74) is 27.2. The van der Waals surface area contributed by atoms with E-state index < -0.39 is 65.6 Å². The molecule has 0 N–H and O–H groups in total. The van der Waals surface area contributed by atoms with Gasteiger partial charge in [0.1, 0.15) is 0 Å². The zero-order valence-corrected chi connectivity index (χ0v) is 77.7. The van der Waals surface area contributed by atoms with Gasteiger partial charge in [0, 0.05) is 56.9 Å². The molecule has 6 aliphatic carbocycles. The van der Waals surface area contributed by atoms with E-state index in [9.17, 15) is 26.3 Å². The average molecular weight is 1850 g/mol. The Hall–Kier alpha value is -2.83. The molecule has 2 aliphatic heterocycles. The van der Waals surface area contributed by atoms with E-state index in [-0.39, 0.29) is 19.5 Å². The number of rotatable bonds is 12. The first-order valence-electron chi connectivity index (χ1n) is 42.1. The van der Waals surface area contributed by atoms with E-state index in [2.05, 4.69) is 169 Å². The van der Waals surface area contributed by atoms with Crippen molar-refractivity contribution in [3.8, 4) is 0 Å². The van der Waals surface area contributed by atoms with Crippen LogP contribution >= 0.6 is 53.9 Å². The Morgan fingerprint density at radius 1 is 0.363 bits per heavy atom. The van der Waals surface area contributed by atoms with Crippen LogP contribution < -0.4 is 25.1 Å². The third kappa shape index (κ3) is 27.3. The van der Waals surface area contributed by atoms with Gasteiger partial charge in [-0.1, -0.05) is 102 Å². The van der Waals surface area contributed by atoms with Crippen molar-refractivity contribution in [1.29, 1.82) is 0 Å². The minimum atomic E-state index is -4.72. The molecule has 113 heavy (non-hydrogen) atoms. The third-order valence-electron chi connectivity index (χ3n) is 24.9. The zero-order valence-electron chi connectivity index (χ0n) is 69.3. The van der Waals surface area contributed by atoms with E-state index in [1.807, 2.05) is 34.9 Å². The number of benzene rings is 6. The molecule has 4 nitrogen and oxygen atoms in total. The molecular weight excluding hydrogens is 1720 g/mol. The van der Waals surface area contributed by atoms with Crippen molar-refractivity contribution in [3.05, 3.63) is 194 Å². The van der Waals surface area contributed by atoms with Crippen molar-refractivity contribution in [3.63, 3.8) is 0 Å². The minimum absolute atomic E-state index is 0.0465. The summed E-state index contributed by atoms with van der Waals surface area (Å²) in [5.74, 6) is 0. The Morgan fingerprint density at radius 3 is 0.841 bits per heavy atom. The molecule has 630 valence electrons. The van der Waals surface area contributed by atoms with E-state index in [1.54, 1.807) is 96.3 Å². The molecule has 8 aliphatic rings. The number of hydrogen-bond acceptors (Lipinski definition) is 4. The zero-order chi connectivity index (χ0) is 81.7. The standard InChI is InChI=1S/2C21H27N2.C19H34P.C18H33P.C8H6BF6.C7H6.4ClH.2Ru/c2*1-14-9-16(3)20(17(4)10-14)22-7-8-23(13-22)21-18(5)11-15(2)12-19(21)6;1-20(17-11-5-2-6-12-17,18-13-7-3-8-14-18)19-15-9-4-10-16-19;1-4-10-16(11-5-1)19(17-12-6-2-7-13-17)18-14-8-3-9-15-18;9-6-2-4(7(10,11)12)1-5(3-6)8(13,14)15;1-7-5-3-2-4-6-7;;;;;;/h2*9-13H,7-8H2,1-6H3;1,17-19H,2-16H2;16-18H,1-15H2;1-3H,9H3;1-6H;4*1H;;/q2*-1;+1;;-1;;;;;;2*+2/p-3. The van der Waals surface area contributed by atoms with Crippen LogP contribution in [0.5, 0.6) is 0 Å². The van der Waals surface area contributed by atoms with Crippen molar-refractivity contribution in [2.24, 2.45) is 0 Å². The van der Waals surface area contributed by atoms with Gasteiger partial charge in [-0.3, -0.25) is 0 Å². The summed E-state index contributed by atoms with van der Waals surface area (Å²) in [6, 6.07) is 29.8. The van der Waals surface area contributed by atoms with Crippen molar-refractivity contribution in [2.45, 2.75) is 322 Å². The first-order valence-corrected chi connectivity index (χ1v) is 56.9. The Bertz CT molecular complexity index is 3570. The molecule has 0 bridgehead atoms. The predicted molar refractivity (Wildman–Crippen MR) is 484 cm³/mol. The van der Waals surface area contributed by atoms with Crippen LogP contribution in [0, 0.1) is 96.4 Å². The fourth-order valence-electron chi connectivity index (χ4n) is 20.7.